The second kappa shape index (κ2) is 8.90. The lowest BCUT2D eigenvalue weighted by atomic mass is 10.1. The Balaban J connectivity index is 1.21. The molecule has 0 bridgehead atoms. The van der Waals surface area contributed by atoms with Crippen molar-refractivity contribution in [1.29, 1.82) is 0 Å². The predicted octanol–water partition coefficient (Wildman–Crippen LogP) is 5.07. The first kappa shape index (κ1) is 19.8. The molecule has 5 rings (SSSR count). The van der Waals surface area contributed by atoms with Crippen molar-refractivity contribution in [2.45, 2.75) is 51.6 Å². The third-order valence-corrected chi connectivity index (χ3v) is 7.74. The van der Waals surface area contributed by atoms with E-state index in [1.807, 2.05) is 17.5 Å². The second-order valence-corrected chi connectivity index (χ2v) is 9.79. The smallest absolute Gasteiger partial charge is 0.224 e. The lowest BCUT2D eigenvalue weighted by Gasteiger charge is -2.22. The van der Waals surface area contributed by atoms with Crippen molar-refractivity contribution in [3.63, 3.8) is 0 Å². The van der Waals surface area contributed by atoms with E-state index in [2.05, 4.69) is 57.4 Å². The molecule has 0 spiro atoms. The molecule has 4 heterocycles. The number of nitrogens with zero attached hydrogens (tertiary/aromatic N) is 4. The zero-order chi connectivity index (χ0) is 20.3. The third kappa shape index (κ3) is 4.30. The second-order valence-electron chi connectivity index (χ2n) is 8.65. The van der Waals surface area contributed by atoms with Gasteiger partial charge in [-0.05, 0) is 49.3 Å². The van der Waals surface area contributed by atoms with Crippen molar-refractivity contribution in [2.75, 3.05) is 36.4 Å². The zero-order valence-corrected chi connectivity index (χ0v) is 18.6. The number of rotatable bonds is 5. The van der Waals surface area contributed by atoms with Gasteiger partial charge in [0.25, 0.3) is 0 Å². The normalized spacial score (nSPS) is 20.6. The maximum absolute atomic E-state index is 4.84. The highest BCUT2D eigenvalue weighted by molar-refractivity contribution is 7.19. The summed E-state index contributed by atoms with van der Waals surface area (Å²) in [5.41, 5.74) is 1.44. The van der Waals surface area contributed by atoms with Crippen molar-refractivity contribution in [1.82, 2.24) is 14.9 Å². The van der Waals surface area contributed by atoms with Crippen LogP contribution in [-0.2, 0) is 6.54 Å². The minimum Gasteiger partial charge on any atom is -0.356 e. The molecule has 3 aromatic rings. The Morgan fingerprint density at radius 2 is 1.90 bits per heavy atom. The molecule has 1 atom stereocenters. The maximum atomic E-state index is 4.84. The molecule has 1 aromatic carbocycles. The number of thiophene rings is 1. The predicted molar refractivity (Wildman–Crippen MR) is 127 cm³/mol. The SMILES string of the molecule is Cc1c(CN2CCC(Nc3nccc(N4CCCCCC4)n3)C2)sc2ccccc12. The first-order valence-corrected chi connectivity index (χ1v) is 12.1. The van der Waals surface area contributed by atoms with Crippen LogP contribution in [0.1, 0.15) is 42.5 Å². The van der Waals surface area contributed by atoms with E-state index in [-0.39, 0.29) is 0 Å². The van der Waals surface area contributed by atoms with Gasteiger partial charge in [0.2, 0.25) is 5.95 Å². The highest BCUT2D eigenvalue weighted by Gasteiger charge is 2.24. The van der Waals surface area contributed by atoms with Crippen LogP contribution in [0.25, 0.3) is 10.1 Å². The molecule has 2 aliphatic rings. The van der Waals surface area contributed by atoms with E-state index in [0.717, 1.165) is 50.9 Å². The molecule has 0 aliphatic carbocycles. The van der Waals surface area contributed by atoms with Crippen molar-refractivity contribution in [3.05, 3.63) is 47.0 Å². The molecular weight excluding hydrogens is 390 g/mol. The van der Waals surface area contributed by atoms with Crippen molar-refractivity contribution in [2.24, 2.45) is 0 Å². The van der Waals surface area contributed by atoms with Crippen LogP contribution in [0.3, 0.4) is 0 Å². The van der Waals surface area contributed by atoms with Gasteiger partial charge in [-0.2, -0.15) is 4.98 Å². The van der Waals surface area contributed by atoms with E-state index in [9.17, 15) is 0 Å². The topological polar surface area (TPSA) is 44.3 Å². The summed E-state index contributed by atoms with van der Waals surface area (Å²) in [5.74, 6) is 1.85. The fourth-order valence-corrected chi connectivity index (χ4v) is 6.00. The van der Waals surface area contributed by atoms with Crippen LogP contribution in [-0.4, -0.2) is 47.1 Å². The summed E-state index contributed by atoms with van der Waals surface area (Å²) in [6.07, 6.45) is 8.25. The van der Waals surface area contributed by atoms with Gasteiger partial charge in [0.15, 0.2) is 0 Å². The van der Waals surface area contributed by atoms with Crippen LogP contribution in [0.15, 0.2) is 36.5 Å². The molecule has 2 aromatic heterocycles. The Morgan fingerprint density at radius 3 is 2.73 bits per heavy atom. The number of anilines is 2. The fourth-order valence-electron chi connectivity index (χ4n) is 4.75. The maximum Gasteiger partial charge on any atom is 0.224 e. The third-order valence-electron chi connectivity index (χ3n) is 6.49. The van der Waals surface area contributed by atoms with Gasteiger partial charge < -0.3 is 10.2 Å². The summed E-state index contributed by atoms with van der Waals surface area (Å²) in [4.78, 5) is 15.8. The monoisotopic (exact) mass is 421 g/mol. The van der Waals surface area contributed by atoms with Crippen LogP contribution < -0.4 is 10.2 Å². The number of hydrogen-bond donors (Lipinski definition) is 1. The Kier molecular flexibility index (Phi) is 5.86. The Hall–Kier alpha value is -2.18. The summed E-state index contributed by atoms with van der Waals surface area (Å²) < 4.78 is 1.40. The number of fused-ring (bicyclic) bond motifs is 1. The van der Waals surface area contributed by atoms with Gasteiger partial charge in [0.1, 0.15) is 5.82 Å². The molecule has 0 radical (unpaired) electrons. The number of benzene rings is 1. The molecule has 30 heavy (non-hydrogen) atoms. The quantitative estimate of drug-likeness (QED) is 0.623. The van der Waals surface area contributed by atoms with Crippen molar-refractivity contribution in [3.8, 4) is 0 Å². The number of nitrogens with one attached hydrogen (secondary N) is 1. The number of likely N-dealkylation sites (tertiary alicyclic amines) is 1. The van der Waals surface area contributed by atoms with E-state index in [0.29, 0.717) is 6.04 Å². The molecule has 2 saturated heterocycles. The van der Waals surface area contributed by atoms with Crippen LogP contribution in [0.4, 0.5) is 11.8 Å². The van der Waals surface area contributed by atoms with E-state index in [1.54, 1.807) is 0 Å². The Morgan fingerprint density at radius 1 is 1.07 bits per heavy atom. The van der Waals surface area contributed by atoms with Crippen LogP contribution >= 0.6 is 11.3 Å². The molecule has 2 aliphatic heterocycles. The van der Waals surface area contributed by atoms with Crippen LogP contribution in [0.5, 0.6) is 0 Å². The lowest BCUT2D eigenvalue weighted by Crippen LogP contribution is -2.28. The summed E-state index contributed by atoms with van der Waals surface area (Å²) in [7, 11) is 0. The summed E-state index contributed by atoms with van der Waals surface area (Å²) >= 11 is 1.94. The number of aromatic nitrogens is 2. The van der Waals surface area contributed by atoms with E-state index in [1.165, 1.54) is 46.2 Å². The Labute approximate surface area is 183 Å². The van der Waals surface area contributed by atoms with E-state index < -0.39 is 0 Å². The fraction of sp³-hybridized carbons (Fsp3) is 0.500. The van der Waals surface area contributed by atoms with Gasteiger partial charge in [-0.15, -0.1) is 11.3 Å². The highest BCUT2D eigenvalue weighted by atomic mass is 32.1. The molecule has 1 unspecified atom stereocenters. The zero-order valence-electron chi connectivity index (χ0n) is 17.8. The first-order valence-electron chi connectivity index (χ1n) is 11.3. The van der Waals surface area contributed by atoms with Crippen LogP contribution in [0, 0.1) is 6.92 Å². The molecule has 0 saturated carbocycles. The molecule has 6 heteroatoms. The minimum atomic E-state index is 0.416. The van der Waals surface area contributed by atoms with E-state index in [4.69, 9.17) is 4.98 Å². The largest absolute Gasteiger partial charge is 0.356 e. The van der Waals surface area contributed by atoms with Gasteiger partial charge in [-0.25, -0.2) is 4.98 Å². The molecule has 1 N–H and O–H groups in total. The first-order chi connectivity index (χ1) is 14.8. The molecule has 0 amide bonds. The van der Waals surface area contributed by atoms with Gasteiger partial charge in [0, 0.05) is 54.5 Å². The lowest BCUT2D eigenvalue weighted by molar-refractivity contribution is 0.331. The summed E-state index contributed by atoms with van der Waals surface area (Å²) in [6.45, 7) is 7.70. The van der Waals surface area contributed by atoms with Crippen LogP contribution in [0.2, 0.25) is 0 Å². The average molecular weight is 422 g/mol. The number of aryl methyl sites for hydroxylation is 1. The van der Waals surface area contributed by atoms with Gasteiger partial charge in [-0.3, -0.25) is 4.90 Å². The Bertz CT molecular complexity index is 992. The minimum absolute atomic E-state index is 0.416. The van der Waals surface area contributed by atoms with Gasteiger partial charge in [0.05, 0.1) is 0 Å². The highest BCUT2D eigenvalue weighted by Crippen LogP contribution is 2.32. The average Bonchev–Trinajstić information content (AvgIpc) is 3.20. The van der Waals surface area contributed by atoms with Crippen molar-refractivity contribution < 1.29 is 0 Å². The van der Waals surface area contributed by atoms with E-state index >= 15 is 0 Å². The molecular formula is C24H31N5S. The van der Waals surface area contributed by atoms with Gasteiger partial charge >= 0.3 is 0 Å². The molecule has 158 valence electrons. The molecule has 2 fully saturated rings. The standard InChI is InChI=1S/C24H31N5S/c1-18-20-8-4-5-9-21(20)30-22(18)17-28-15-11-19(16-28)26-24-25-12-10-23(27-24)29-13-6-2-3-7-14-29/h4-5,8-10,12,19H,2-3,6-7,11,13-17H2,1H3,(H,25,26,27). The number of hydrogen-bond acceptors (Lipinski definition) is 6. The summed E-state index contributed by atoms with van der Waals surface area (Å²) in [5, 5.41) is 5.01. The van der Waals surface area contributed by atoms with Gasteiger partial charge in [-0.1, -0.05) is 31.0 Å². The summed E-state index contributed by atoms with van der Waals surface area (Å²) in [6, 6.07) is 11.2. The molecule has 5 nitrogen and oxygen atoms in total. The van der Waals surface area contributed by atoms with Crippen molar-refractivity contribution >= 4 is 33.2 Å².